The minimum atomic E-state index is -0.397. The summed E-state index contributed by atoms with van der Waals surface area (Å²) in [7, 11) is 1.88. The molecule has 1 aliphatic rings. The first-order chi connectivity index (χ1) is 8.52. The molecular weight excluding hydrogens is 405 g/mol. The van der Waals surface area contributed by atoms with E-state index in [0.29, 0.717) is 28.3 Å². The minimum absolute atomic E-state index is 0. The van der Waals surface area contributed by atoms with Crippen molar-refractivity contribution in [1.29, 1.82) is 0 Å². The van der Waals surface area contributed by atoms with E-state index in [-0.39, 0.29) is 23.3 Å². The molecule has 0 spiro atoms. The van der Waals surface area contributed by atoms with Crippen molar-refractivity contribution in [3.63, 3.8) is 0 Å². The molecule has 106 valence electrons. The first-order valence-corrected chi connectivity index (χ1v) is 7.09. The summed E-state index contributed by atoms with van der Waals surface area (Å²) in [5, 5.41) is 3.32. The summed E-state index contributed by atoms with van der Waals surface area (Å²) < 4.78 is 13.7. The van der Waals surface area contributed by atoms with Crippen LogP contribution in [0.4, 0.5) is 4.39 Å². The zero-order valence-electron chi connectivity index (χ0n) is 10.3. The van der Waals surface area contributed by atoms with E-state index in [2.05, 4.69) is 5.32 Å². The quantitative estimate of drug-likeness (QED) is 0.591. The van der Waals surface area contributed by atoms with Gasteiger partial charge in [0.25, 0.3) is 5.91 Å². The highest BCUT2D eigenvalue weighted by molar-refractivity contribution is 14.1. The van der Waals surface area contributed by atoms with Gasteiger partial charge in [-0.15, -0.1) is 12.4 Å². The van der Waals surface area contributed by atoms with Gasteiger partial charge in [-0.25, -0.2) is 4.39 Å². The lowest BCUT2D eigenvalue weighted by Crippen LogP contribution is -2.33. The Balaban J connectivity index is 0.00000180. The van der Waals surface area contributed by atoms with E-state index in [9.17, 15) is 9.18 Å². The molecule has 2 rings (SSSR count). The fourth-order valence-corrected chi connectivity index (χ4v) is 2.74. The molecule has 1 heterocycles. The number of benzene rings is 1. The van der Waals surface area contributed by atoms with E-state index in [1.807, 2.05) is 29.6 Å². The molecule has 0 bridgehead atoms. The second kappa shape index (κ2) is 7.06. The summed E-state index contributed by atoms with van der Waals surface area (Å²) in [5.74, 6) is -0.526. The number of carbonyl (C=O) groups excluding carboxylic acids is 1. The predicted octanol–water partition coefficient (Wildman–Crippen LogP) is 2.94. The van der Waals surface area contributed by atoms with Crippen LogP contribution >= 0.6 is 46.6 Å². The number of hydrogen-bond donors (Lipinski definition) is 1. The van der Waals surface area contributed by atoms with Crippen LogP contribution in [0.25, 0.3) is 0 Å². The molecule has 0 aliphatic carbocycles. The largest absolute Gasteiger partial charge is 0.337 e. The number of carbonyl (C=O) groups is 1. The molecule has 1 aromatic carbocycles. The smallest absolute Gasteiger partial charge is 0.255 e. The highest BCUT2D eigenvalue weighted by atomic mass is 127. The summed E-state index contributed by atoms with van der Waals surface area (Å²) in [5.41, 5.74) is 0.374. The van der Waals surface area contributed by atoms with Gasteiger partial charge in [0, 0.05) is 22.7 Å². The van der Waals surface area contributed by atoms with E-state index >= 15 is 0 Å². The number of likely N-dealkylation sites (tertiary alicyclic amines) is 1. The molecule has 0 saturated carbocycles. The second-order valence-electron chi connectivity index (χ2n) is 4.27. The van der Waals surface area contributed by atoms with Crippen molar-refractivity contribution in [3.8, 4) is 0 Å². The Morgan fingerprint density at radius 2 is 2.26 bits per heavy atom. The molecule has 19 heavy (non-hydrogen) atoms. The molecule has 3 nitrogen and oxygen atoms in total. The fraction of sp³-hybridized carbons (Fsp3) is 0.417. The zero-order valence-corrected chi connectivity index (χ0v) is 14.0. The van der Waals surface area contributed by atoms with E-state index in [4.69, 9.17) is 11.6 Å². The Morgan fingerprint density at radius 1 is 1.58 bits per heavy atom. The van der Waals surface area contributed by atoms with Crippen molar-refractivity contribution in [3.05, 3.63) is 32.1 Å². The summed E-state index contributed by atoms with van der Waals surface area (Å²) in [6.45, 7) is 1.37. The maximum atomic E-state index is 13.3. The van der Waals surface area contributed by atoms with Crippen molar-refractivity contribution >= 4 is 52.5 Å². The third kappa shape index (κ3) is 3.71. The van der Waals surface area contributed by atoms with Crippen LogP contribution in [0.15, 0.2) is 12.1 Å². The summed E-state index contributed by atoms with van der Waals surface area (Å²) in [6.07, 6.45) is 0.929. The molecule has 1 aromatic rings. The van der Waals surface area contributed by atoms with Crippen LogP contribution in [-0.2, 0) is 0 Å². The number of hydrogen-bond acceptors (Lipinski definition) is 2. The zero-order chi connectivity index (χ0) is 13.3. The van der Waals surface area contributed by atoms with Gasteiger partial charge >= 0.3 is 0 Å². The number of nitrogens with zero attached hydrogens (tertiary/aromatic N) is 1. The number of amides is 1. The van der Waals surface area contributed by atoms with Gasteiger partial charge in [-0.05, 0) is 48.2 Å². The topological polar surface area (TPSA) is 32.3 Å². The molecule has 1 saturated heterocycles. The summed E-state index contributed by atoms with van der Waals surface area (Å²) in [4.78, 5) is 14.0. The lowest BCUT2D eigenvalue weighted by Gasteiger charge is -2.17. The molecule has 0 radical (unpaired) electrons. The Bertz CT molecular complexity index is 487. The van der Waals surface area contributed by atoms with Gasteiger partial charge in [-0.3, -0.25) is 4.79 Å². The van der Waals surface area contributed by atoms with Crippen molar-refractivity contribution in [1.82, 2.24) is 10.2 Å². The first-order valence-electron chi connectivity index (χ1n) is 5.64. The lowest BCUT2D eigenvalue weighted by molar-refractivity contribution is 0.0790. The lowest BCUT2D eigenvalue weighted by atomic mass is 10.2. The van der Waals surface area contributed by atoms with Crippen molar-refractivity contribution < 1.29 is 9.18 Å². The van der Waals surface area contributed by atoms with Gasteiger partial charge in [0.15, 0.2) is 0 Å². The molecule has 7 heteroatoms. The van der Waals surface area contributed by atoms with Crippen LogP contribution in [0, 0.1) is 9.39 Å². The van der Waals surface area contributed by atoms with Gasteiger partial charge in [0.05, 0.1) is 10.6 Å². The Morgan fingerprint density at radius 3 is 2.84 bits per heavy atom. The van der Waals surface area contributed by atoms with Gasteiger partial charge in [-0.2, -0.15) is 0 Å². The Hall–Kier alpha value is -0.110. The van der Waals surface area contributed by atoms with Crippen molar-refractivity contribution in [2.75, 3.05) is 20.1 Å². The SMILES string of the molecule is CN[C@H]1CCN(C(=O)c2cc(I)c(F)cc2Cl)C1.Cl. The standard InChI is InChI=1S/C12H13ClFIN2O.ClH/c1-16-7-2-3-17(6-7)12(18)8-4-11(15)10(14)5-9(8)13;/h4-5,7,16H,2-3,6H2,1H3;1H/t7-;/m0./s1. The number of halogens is 4. The monoisotopic (exact) mass is 418 g/mol. The molecule has 1 atom stereocenters. The van der Waals surface area contributed by atoms with Crippen LogP contribution in [0.3, 0.4) is 0 Å². The van der Waals surface area contributed by atoms with Gasteiger partial charge < -0.3 is 10.2 Å². The molecule has 1 aliphatic heterocycles. The van der Waals surface area contributed by atoms with Crippen LogP contribution in [-0.4, -0.2) is 37.0 Å². The Kier molecular flexibility index (Phi) is 6.29. The highest BCUT2D eigenvalue weighted by Crippen LogP contribution is 2.24. The maximum absolute atomic E-state index is 13.3. The van der Waals surface area contributed by atoms with Crippen LogP contribution in [0.5, 0.6) is 0 Å². The summed E-state index contributed by atoms with van der Waals surface area (Å²) >= 11 is 7.80. The summed E-state index contributed by atoms with van der Waals surface area (Å²) in [6, 6.07) is 3.03. The number of rotatable bonds is 2. The first kappa shape index (κ1) is 16.9. The van der Waals surface area contributed by atoms with Crippen molar-refractivity contribution in [2.45, 2.75) is 12.5 Å². The third-order valence-electron chi connectivity index (χ3n) is 3.12. The second-order valence-corrected chi connectivity index (χ2v) is 5.84. The molecule has 0 unspecified atom stereocenters. The maximum Gasteiger partial charge on any atom is 0.255 e. The van der Waals surface area contributed by atoms with E-state index in [0.717, 1.165) is 6.42 Å². The van der Waals surface area contributed by atoms with E-state index in [1.165, 1.54) is 12.1 Å². The third-order valence-corrected chi connectivity index (χ3v) is 4.26. The minimum Gasteiger partial charge on any atom is -0.337 e. The fourth-order valence-electron chi connectivity index (χ4n) is 2.04. The molecular formula is C12H14Cl2FIN2O. The number of nitrogens with one attached hydrogen (secondary N) is 1. The van der Waals surface area contributed by atoms with E-state index < -0.39 is 5.82 Å². The average molecular weight is 419 g/mol. The van der Waals surface area contributed by atoms with Crippen molar-refractivity contribution in [2.24, 2.45) is 0 Å². The van der Waals surface area contributed by atoms with Crippen LogP contribution in [0.2, 0.25) is 5.02 Å². The normalized spacial score (nSPS) is 18.3. The molecule has 1 N–H and O–H groups in total. The molecule has 1 fully saturated rings. The average Bonchev–Trinajstić information content (AvgIpc) is 2.81. The number of likely N-dealkylation sites (N-methyl/N-ethyl adjacent to an activating group) is 1. The van der Waals surface area contributed by atoms with Gasteiger partial charge in [-0.1, -0.05) is 11.6 Å². The molecule has 0 aromatic heterocycles. The van der Waals surface area contributed by atoms with Gasteiger partial charge in [0.1, 0.15) is 5.82 Å². The molecule has 1 amide bonds. The van der Waals surface area contributed by atoms with Crippen LogP contribution in [0.1, 0.15) is 16.8 Å². The predicted molar refractivity (Wildman–Crippen MR) is 84.7 cm³/mol. The van der Waals surface area contributed by atoms with Gasteiger partial charge in [0.2, 0.25) is 0 Å². The Labute approximate surface area is 136 Å². The highest BCUT2D eigenvalue weighted by Gasteiger charge is 2.27. The van der Waals surface area contributed by atoms with Crippen LogP contribution < -0.4 is 5.32 Å². The van der Waals surface area contributed by atoms with E-state index in [1.54, 1.807) is 4.90 Å².